The number of hydrogen-bond acceptors (Lipinski definition) is 3. The predicted octanol–water partition coefficient (Wildman–Crippen LogP) is 0.821. The molecule has 0 unspecified atom stereocenters. The minimum absolute atomic E-state index is 0.00903. The van der Waals surface area contributed by atoms with Crippen molar-refractivity contribution in [2.45, 2.75) is 25.4 Å². The van der Waals surface area contributed by atoms with Crippen LogP contribution in [-0.2, 0) is 11.3 Å². The Balaban J connectivity index is 1.98. The molecule has 1 aliphatic heterocycles. The van der Waals surface area contributed by atoms with Crippen molar-refractivity contribution in [3.8, 4) is 0 Å². The summed E-state index contributed by atoms with van der Waals surface area (Å²) in [6.07, 6.45) is 3.59. The van der Waals surface area contributed by atoms with Crippen LogP contribution in [0.25, 0.3) is 0 Å². The predicted molar refractivity (Wildman–Crippen MR) is 77.1 cm³/mol. The maximum atomic E-state index is 12.2. The molecule has 104 valence electrons. The molecule has 1 aliphatic rings. The van der Waals surface area contributed by atoms with Gasteiger partial charge in [-0.1, -0.05) is 0 Å². The Kier molecular flexibility index (Phi) is 4.76. The Morgan fingerprint density at radius 3 is 2.74 bits per heavy atom. The number of likely N-dealkylation sites (tertiary alicyclic amines) is 1. The number of nitrogens with zero attached hydrogens (tertiary/aromatic N) is 2. The number of halogens is 1. The third-order valence-electron chi connectivity index (χ3n) is 3.51. The number of aromatic nitrogens is 1. The van der Waals surface area contributed by atoms with Gasteiger partial charge < -0.3 is 14.8 Å². The second kappa shape index (κ2) is 6.34. The molecule has 1 saturated heterocycles. The van der Waals surface area contributed by atoms with Crippen LogP contribution in [0.1, 0.15) is 12.8 Å². The van der Waals surface area contributed by atoms with Gasteiger partial charge in [0.05, 0.1) is 0 Å². The number of nitrogens with one attached hydrogen (secondary N) is 1. The second-order valence-corrected chi connectivity index (χ2v) is 5.67. The lowest BCUT2D eigenvalue weighted by Gasteiger charge is -2.32. The van der Waals surface area contributed by atoms with Gasteiger partial charge in [-0.25, -0.2) is 0 Å². The Hall–Kier alpha value is -1.14. The maximum Gasteiger partial charge on any atom is 0.251 e. The summed E-state index contributed by atoms with van der Waals surface area (Å²) < 4.78 is 2.24. The van der Waals surface area contributed by atoms with Gasteiger partial charge in [-0.2, -0.15) is 0 Å². The summed E-state index contributed by atoms with van der Waals surface area (Å²) >= 11 is 3.31. The lowest BCUT2D eigenvalue weighted by molar-refractivity contribution is -0.133. The van der Waals surface area contributed by atoms with Gasteiger partial charge in [0.25, 0.3) is 5.56 Å². The summed E-state index contributed by atoms with van der Waals surface area (Å²) in [5.41, 5.74) is -0.151. The Morgan fingerprint density at radius 2 is 2.11 bits per heavy atom. The first-order valence-electron chi connectivity index (χ1n) is 6.41. The molecule has 6 heteroatoms. The van der Waals surface area contributed by atoms with E-state index in [1.807, 2.05) is 11.9 Å². The number of carbonyl (C=O) groups excluding carboxylic acids is 1. The molecule has 2 heterocycles. The van der Waals surface area contributed by atoms with Crippen molar-refractivity contribution in [2.75, 3.05) is 20.1 Å². The summed E-state index contributed by atoms with van der Waals surface area (Å²) in [6.45, 7) is 1.63. The van der Waals surface area contributed by atoms with Crippen molar-refractivity contribution in [1.29, 1.82) is 0 Å². The summed E-state index contributed by atoms with van der Waals surface area (Å²) in [7, 11) is 1.95. The van der Waals surface area contributed by atoms with Crippen LogP contribution in [0.15, 0.2) is 27.6 Å². The van der Waals surface area contributed by atoms with E-state index >= 15 is 0 Å². The minimum atomic E-state index is -0.151. The molecule has 1 amide bonds. The highest BCUT2D eigenvalue weighted by Gasteiger charge is 2.21. The summed E-state index contributed by atoms with van der Waals surface area (Å²) in [5.74, 6) is 0.00903. The highest BCUT2D eigenvalue weighted by Crippen LogP contribution is 2.11. The SMILES string of the molecule is CNC1CCN(C(=O)Cn2cc(Br)ccc2=O)CC1. The van der Waals surface area contributed by atoms with Crippen LogP contribution >= 0.6 is 15.9 Å². The zero-order valence-electron chi connectivity index (χ0n) is 10.9. The van der Waals surface area contributed by atoms with Crippen LogP contribution < -0.4 is 10.9 Å². The average Bonchev–Trinajstić information content (AvgIpc) is 2.43. The van der Waals surface area contributed by atoms with Gasteiger partial charge in [-0.05, 0) is 41.9 Å². The van der Waals surface area contributed by atoms with E-state index < -0.39 is 0 Å². The van der Waals surface area contributed by atoms with Gasteiger partial charge in [0.1, 0.15) is 6.54 Å². The number of piperidine rings is 1. The normalized spacial score (nSPS) is 16.6. The van der Waals surface area contributed by atoms with Crippen LogP contribution in [0.3, 0.4) is 0 Å². The number of hydrogen-bond donors (Lipinski definition) is 1. The number of rotatable bonds is 3. The van der Waals surface area contributed by atoms with Gasteiger partial charge in [0.2, 0.25) is 5.91 Å². The van der Waals surface area contributed by atoms with Crippen molar-refractivity contribution in [2.24, 2.45) is 0 Å². The van der Waals surface area contributed by atoms with Gasteiger partial charge in [-0.3, -0.25) is 9.59 Å². The van der Waals surface area contributed by atoms with Gasteiger partial charge in [0, 0.05) is 35.9 Å². The molecule has 2 rings (SSSR count). The third-order valence-corrected chi connectivity index (χ3v) is 3.98. The highest BCUT2D eigenvalue weighted by molar-refractivity contribution is 9.10. The molecule has 1 aromatic rings. The van der Waals surface area contributed by atoms with Crippen LogP contribution in [0, 0.1) is 0 Å². The third kappa shape index (κ3) is 3.67. The van der Waals surface area contributed by atoms with E-state index in [-0.39, 0.29) is 18.0 Å². The average molecular weight is 328 g/mol. The van der Waals surface area contributed by atoms with E-state index in [2.05, 4.69) is 21.2 Å². The molecular weight excluding hydrogens is 310 g/mol. The fourth-order valence-corrected chi connectivity index (χ4v) is 2.67. The van der Waals surface area contributed by atoms with Crippen molar-refractivity contribution >= 4 is 21.8 Å². The minimum Gasteiger partial charge on any atom is -0.341 e. The first-order valence-corrected chi connectivity index (χ1v) is 7.20. The van der Waals surface area contributed by atoms with E-state index in [0.717, 1.165) is 30.4 Å². The molecule has 1 fully saturated rings. The Morgan fingerprint density at radius 1 is 1.42 bits per heavy atom. The molecule has 0 atom stereocenters. The topological polar surface area (TPSA) is 54.3 Å². The van der Waals surface area contributed by atoms with Crippen LogP contribution in [-0.4, -0.2) is 41.6 Å². The molecule has 1 N–H and O–H groups in total. The second-order valence-electron chi connectivity index (χ2n) is 4.76. The Bertz CT molecular complexity index is 507. The molecule has 0 aliphatic carbocycles. The first kappa shape index (κ1) is 14.3. The number of carbonyl (C=O) groups is 1. The smallest absolute Gasteiger partial charge is 0.251 e. The molecular formula is C13H18BrN3O2. The molecule has 0 aromatic carbocycles. The van der Waals surface area contributed by atoms with Gasteiger partial charge in [0.15, 0.2) is 0 Å². The van der Waals surface area contributed by atoms with Crippen molar-refractivity contribution in [3.63, 3.8) is 0 Å². The largest absolute Gasteiger partial charge is 0.341 e. The van der Waals surface area contributed by atoms with Gasteiger partial charge in [-0.15, -0.1) is 0 Å². The van der Waals surface area contributed by atoms with E-state index in [1.54, 1.807) is 12.3 Å². The standard InChI is InChI=1S/C13H18BrN3O2/c1-15-11-4-6-16(7-5-11)13(19)9-17-8-10(14)2-3-12(17)18/h2-3,8,11,15H,4-7,9H2,1H3. The first-order chi connectivity index (χ1) is 9.10. The van der Waals surface area contributed by atoms with Crippen LogP contribution in [0.4, 0.5) is 0 Å². The lowest BCUT2D eigenvalue weighted by atomic mass is 10.1. The summed E-state index contributed by atoms with van der Waals surface area (Å²) in [4.78, 5) is 25.6. The van der Waals surface area contributed by atoms with Gasteiger partial charge >= 0.3 is 0 Å². The highest BCUT2D eigenvalue weighted by atomic mass is 79.9. The number of pyridine rings is 1. The van der Waals surface area contributed by atoms with Crippen LogP contribution in [0.5, 0.6) is 0 Å². The van der Waals surface area contributed by atoms with E-state index in [9.17, 15) is 9.59 Å². The molecule has 0 spiro atoms. The fraction of sp³-hybridized carbons (Fsp3) is 0.538. The molecule has 19 heavy (non-hydrogen) atoms. The van der Waals surface area contributed by atoms with E-state index in [1.165, 1.54) is 10.6 Å². The molecule has 0 radical (unpaired) electrons. The monoisotopic (exact) mass is 327 g/mol. The molecule has 0 bridgehead atoms. The lowest BCUT2D eigenvalue weighted by Crippen LogP contribution is -2.45. The van der Waals surface area contributed by atoms with Crippen molar-refractivity contribution in [1.82, 2.24) is 14.8 Å². The summed E-state index contributed by atoms with van der Waals surface area (Å²) in [6, 6.07) is 3.64. The molecule has 0 saturated carbocycles. The van der Waals surface area contributed by atoms with E-state index in [0.29, 0.717) is 6.04 Å². The Labute approximate surface area is 120 Å². The zero-order valence-corrected chi connectivity index (χ0v) is 12.5. The van der Waals surface area contributed by atoms with Crippen molar-refractivity contribution in [3.05, 3.63) is 33.2 Å². The summed E-state index contributed by atoms with van der Waals surface area (Å²) in [5, 5.41) is 3.23. The van der Waals surface area contributed by atoms with Crippen molar-refractivity contribution < 1.29 is 4.79 Å². The maximum absolute atomic E-state index is 12.2. The van der Waals surface area contributed by atoms with E-state index in [4.69, 9.17) is 0 Å². The fourth-order valence-electron chi connectivity index (χ4n) is 2.29. The zero-order chi connectivity index (χ0) is 13.8. The quantitative estimate of drug-likeness (QED) is 0.894. The molecule has 5 nitrogen and oxygen atoms in total. The number of amides is 1. The molecule has 1 aromatic heterocycles. The van der Waals surface area contributed by atoms with Crippen LogP contribution in [0.2, 0.25) is 0 Å².